The summed E-state index contributed by atoms with van der Waals surface area (Å²) < 4.78 is 76.0. The van der Waals surface area contributed by atoms with E-state index in [-0.39, 0.29) is 44.4 Å². The van der Waals surface area contributed by atoms with Gasteiger partial charge in [0.25, 0.3) is 5.92 Å². The molecule has 0 N–H and O–H groups in total. The number of alkyl halides is 5. The highest BCUT2D eigenvalue weighted by Crippen LogP contribution is 2.44. The van der Waals surface area contributed by atoms with E-state index >= 15 is 0 Å². The molecule has 2 aromatic rings. The molecular weight excluding hydrogens is 483 g/mol. The van der Waals surface area contributed by atoms with E-state index in [1.165, 1.54) is 4.90 Å². The van der Waals surface area contributed by atoms with Crippen molar-refractivity contribution in [1.82, 2.24) is 19.5 Å². The number of halogens is 5. The van der Waals surface area contributed by atoms with Crippen LogP contribution in [0.2, 0.25) is 0 Å². The maximum absolute atomic E-state index is 15.0. The highest BCUT2D eigenvalue weighted by molar-refractivity contribution is 5.83. The topological polar surface area (TPSA) is 59.7 Å². The van der Waals surface area contributed by atoms with Crippen molar-refractivity contribution in [3.63, 3.8) is 0 Å². The highest BCUT2D eigenvalue weighted by atomic mass is 19.4. The van der Waals surface area contributed by atoms with Crippen molar-refractivity contribution in [2.45, 2.75) is 76.8 Å². The normalized spacial score (nSPS) is 28.2. The fraction of sp³-hybridized carbons (Fsp3) is 0.720. The summed E-state index contributed by atoms with van der Waals surface area (Å²) in [6.45, 7) is 5.29. The summed E-state index contributed by atoms with van der Waals surface area (Å²) in [4.78, 5) is 18.9. The van der Waals surface area contributed by atoms with Crippen molar-refractivity contribution in [2.24, 2.45) is 11.3 Å². The molecule has 36 heavy (non-hydrogen) atoms. The van der Waals surface area contributed by atoms with Crippen LogP contribution in [0.3, 0.4) is 0 Å². The van der Waals surface area contributed by atoms with Crippen LogP contribution in [0, 0.1) is 25.2 Å². The molecule has 198 valence electrons. The van der Waals surface area contributed by atoms with Crippen LogP contribution < -0.4 is 0 Å². The molecule has 3 fully saturated rings. The standard InChI is InChI=1S/C25H31F5N4O2/c1-14-15(2)31-20-8-19(16-4-6-18(7-5-16)25(28,29)30)32-34(20)21(14)17-9-24(26,27)11-33(10-17)22(35)23(3)12-36-13-23/h8,16-18H,4-7,9-13H2,1-3H3/t16-,17?,18-. The summed E-state index contributed by atoms with van der Waals surface area (Å²) in [7, 11) is 0. The number of aryl methyl sites for hydroxylation is 1. The van der Waals surface area contributed by atoms with E-state index in [0.717, 1.165) is 5.56 Å². The number of piperidine rings is 1. The third-order valence-corrected chi connectivity index (χ3v) is 8.19. The Morgan fingerprint density at radius 2 is 1.78 bits per heavy atom. The minimum atomic E-state index is -4.19. The Morgan fingerprint density at radius 3 is 2.36 bits per heavy atom. The van der Waals surface area contributed by atoms with Crippen molar-refractivity contribution < 1.29 is 31.5 Å². The predicted octanol–water partition coefficient (Wildman–Crippen LogP) is 5.17. The fourth-order valence-corrected chi connectivity index (χ4v) is 5.99. The smallest absolute Gasteiger partial charge is 0.379 e. The summed E-state index contributed by atoms with van der Waals surface area (Å²) in [6, 6.07) is 1.77. The van der Waals surface area contributed by atoms with Gasteiger partial charge >= 0.3 is 6.18 Å². The first-order chi connectivity index (χ1) is 16.8. The second-order valence-corrected chi connectivity index (χ2v) is 11.1. The third-order valence-electron chi connectivity index (χ3n) is 8.19. The highest BCUT2D eigenvalue weighted by Gasteiger charge is 2.50. The van der Waals surface area contributed by atoms with Gasteiger partial charge in [-0.3, -0.25) is 4.79 Å². The average Bonchev–Trinajstić information content (AvgIpc) is 3.19. The zero-order valence-corrected chi connectivity index (χ0v) is 20.7. The van der Waals surface area contributed by atoms with E-state index in [1.807, 2.05) is 6.92 Å². The number of carbonyl (C=O) groups is 1. The van der Waals surface area contributed by atoms with Gasteiger partial charge in [0.15, 0.2) is 5.65 Å². The van der Waals surface area contributed by atoms with E-state index in [1.54, 1.807) is 24.4 Å². The summed E-state index contributed by atoms with van der Waals surface area (Å²) >= 11 is 0. The third kappa shape index (κ3) is 4.48. The summed E-state index contributed by atoms with van der Waals surface area (Å²) in [5.74, 6) is -5.50. The Balaban J connectivity index is 1.47. The molecule has 2 aromatic heterocycles. The number of ether oxygens (including phenoxy) is 1. The Morgan fingerprint density at radius 1 is 1.11 bits per heavy atom. The van der Waals surface area contributed by atoms with Crippen molar-refractivity contribution in [1.29, 1.82) is 0 Å². The SMILES string of the molecule is Cc1nc2cc([C@H]3CC[C@H](C(F)(F)F)CC3)nn2c(C2CN(C(=O)C3(C)COC3)CC(F)(F)C2)c1C. The molecule has 0 radical (unpaired) electrons. The fourth-order valence-electron chi connectivity index (χ4n) is 5.99. The van der Waals surface area contributed by atoms with Gasteiger partial charge in [-0.2, -0.15) is 18.3 Å². The molecule has 2 saturated heterocycles. The van der Waals surface area contributed by atoms with E-state index in [4.69, 9.17) is 9.84 Å². The Bertz CT molecular complexity index is 1170. The minimum Gasteiger partial charge on any atom is -0.379 e. The van der Waals surface area contributed by atoms with Crippen LogP contribution in [0.25, 0.3) is 5.65 Å². The van der Waals surface area contributed by atoms with Crippen LogP contribution in [-0.4, -0.2) is 63.8 Å². The largest absolute Gasteiger partial charge is 0.391 e. The van der Waals surface area contributed by atoms with E-state index < -0.39 is 42.3 Å². The van der Waals surface area contributed by atoms with Crippen molar-refractivity contribution >= 4 is 11.6 Å². The Labute approximate surface area is 206 Å². The van der Waals surface area contributed by atoms with Gasteiger partial charge in [-0.15, -0.1) is 0 Å². The number of amides is 1. The van der Waals surface area contributed by atoms with E-state index in [0.29, 0.717) is 35.6 Å². The lowest BCUT2D eigenvalue weighted by Crippen LogP contribution is -2.58. The number of hydrogen-bond acceptors (Lipinski definition) is 4. The molecule has 1 unspecified atom stereocenters. The predicted molar refractivity (Wildman–Crippen MR) is 121 cm³/mol. The van der Waals surface area contributed by atoms with Gasteiger partial charge in [0.1, 0.15) is 0 Å². The van der Waals surface area contributed by atoms with E-state index in [9.17, 15) is 26.7 Å². The van der Waals surface area contributed by atoms with Crippen LogP contribution in [0.1, 0.15) is 73.5 Å². The molecule has 0 bridgehead atoms. The van der Waals surface area contributed by atoms with Crippen LogP contribution in [-0.2, 0) is 9.53 Å². The zero-order valence-electron chi connectivity index (χ0n) is 20.7. The molecule has 5 rings (SSSR count). The van der Waals surface area contributed by atoms with Gasteiger partial charge in [-0.05, 0) is 52.0 Å². The monoisotopic (exact) mass is 514 g/mol. The lowest BCUT2D eigenvalue weighted by atomic mass is 9.80. The van der Waals surface area contributed by atoms with E-state index in [2.05, 4.69) is 4.98 Å². The molecule has 0 aromatic carbocycles. The van der Waals surface area contributed by atoms with Crippen LogP contribution in [0.5, 0.6) is 0 Å². The lowest BCUT2D eigenvalue weighted by Gasteiger charge is -2.45. The summed E-state index contributed by atoms with van der Waals surface area (Å²) in [6.07, 6.45) is -3.78. The first-order valence-electron chi connectivity index (χ1n) is 12.5. The molecule has 6 nitrogen and oxygen atoms in total. The van der Waals surface area contributed by atoms with Crippen molar-refractivity contribution in [2.75, 3.05) is 26.3 Å². The summed E-state index contributed by atoms with van der Waals surface area (Å²) in [5, 5.41) is 4.70. The second-order valence-electron chi connectivity index (χ2n) is 11.1. The van der Waals surface area contributed by atoms with Crippen molar-refractivity contribution in [3.8, 4) is 0 Å². The molecule has 1 aliphatic carbocycles. The molecule has 3 aliphatic rings. The minimum absolute atomic E-state index is 0.0504. The van der Waals surface area contributed by atoms with Crippen LogP contribution in [0.4, 0.5) is 22.0 Å². The number of likely N-dealkylation sites (tertiary alicyclic amines) is 1. The molecule has 1 saturated carbocycles. The molecular formula is C25H31F5N4O2. The molecule has 1 amide bonds. The van der Waals surface area contributed by atoms with Crippen LogP contribution >= 0.6 is 0 Å². The first kappa shape index (κ1) is 25.4. The zero-order chi connectivity index (χ0) is 26.0. The molecule has 0 spiro atoms. The Kier molecular flexibility index (Phi) is 6.08. The van der Waals surface area contributed by atoms with Gasteiger partial charge < -0.3 is 9.64 Å². The van der Waals surface area contributed by atoms with Gasteiger partial charge in [0, 0.05) is 36.6 Å². The number of rotatable bonds is 3. The average molecular weight is 515 g/mol. The number of hydrogen-bond donors (Lipinski definition) is 0. The van der Waals surface area contributed by atoms with Gasteiger partial charge in [0.05, 0.1) is 42.5 Å². The van der Waals surface area contributed by atoms with Crippen LogP contribution in [0.15, 0.2) is 6.07 Å². The maximum Gasteiger partial charge on any atom is 0.391 e. The second kappa shape index (κ2) is 8.63. The van der Waals surface area contributed by atoms with Gasteiger partial charge in [-0.25, -0.2) is 18.3 Å². The maximum atomic E-state index is 15.0. The first-order valence-corrected chi connectivity index (χ1v) is 12.5. The number of carbonyl (C=O) groups excluding carboxylic acids is 1. The van der Waals surface area contributed by atoms with Crippen molar-refractivity contribution in [3.05, 3.63) is 28.7 Å². The quantitative estimate of drug-likeness (QED) is 0.531. The number of aromatic nitrogens is 3. The summed E-state index contributed by atoms with van der Waals surface area (Å²) in [5.41, 5.74) is 2.34. The molecule has 4 heterocycles. The van der Waals surface area contributed by atoms with Gasteiger partial charge in [-0.1, -0.05) is 0 Å². The number of fused-ring (bicyclic) bond motifs is 1. The molecule has 11 heteroatoms. The molecule has 1 atom stereocenters. The Hall–Kier alpha value is -2.30. The lowest BCUT2D eigenvalue weighted by molar-refractivity contribution is -0.182. The number of nitrogens with zero attached hydrogens (tertiary/aromatic N) is 4. The van der Waals surface area contributed by atoms with Gasteiger partial charge in [0.2, 0.25) is 5.91 Å². The molecule has 2 aliphatic heterocycles.